The molecule has 0 spiro atoms. The van der Waals surface area contributed by atoms with Crippen LogP contribution in [0.3, 0.4) is 0 Å². The number of carbonyl (C=O) groups is 1. The van der Waals surface area contributed by atoms with Gasteiger partial charge in [-0.15, -0.1) is 0 Å². The van der Waals surface area contributed by atoms with Gasteiger partial charge in [0, 0.05) is 37.6 Å². The van der Waals surface area contributed by atoms with Gasteiger partial charge in [-0.25, -0.2) is 4.98 Å². The van der Waals surface area contributed by atoms with Gasteiger partial charge >= 0.3 is 0 Å². The van der Waals surface area contributed by atoms with Gasteiger partial charge in [-0.05, 0) is 39.8 Å². The van der Waals surface area contributed by atoms with Crippen molar-refractivity contribution in [1.29, 1.82) is 0 Å². The molecule has 2 aliphatic rings. The van der Waals surface area contributed by atoms with Crippen molar-refractivity contribution in [2.45, 2.75) is 56.9 Å². The van der Waals surface area contributed by atoms with E-state index in [0.29, 0.717) is 0 Å². The van der Waals surface area contributed by atoms with Gasteiger partial charge in [-0.3, -0.25) is 9.78 Å². The fraction of sp³-hybridized carbons (Fsp3) is 0.750. The van der Waals surface area contributed by atoms with E-state index in [-0.39, 0.29) is 17.4 Å². The molecule has 1 atom stereocenters. The number of likely N-dealkylation sites (N-methyl/N-ethyl adjacent to an activating group) is 1. The summed E-state index contributed by atoms with van der Waals surface area (Å²) in [4.78, 5) is 25.9. The largest absolute Gasteiger partial charge is 0.355 e. The smallest absolute Gasteiger partial charge is 0.224 e. The van der Waals surface area contributed by atoms with Crippen LogP contribution in [0, 0.1) is 5.92 Å². The van der Waals surface area contributed by atoms with E-state index in [1.54, 1.807) is 18.6 Å². The molecule has 0 aromatic carbocycles. The molecule has 144 valence electrons. The van der Waals surface area contributed by atoms with Gasteiger partial charge in [0.2, 0.25) is 5.91 Å². The van der Waals surface area contributed by atoms with Gasteiger partial charge in [0.1, 0.15) is 5.82 Å². The number of hydrogen-bond acceptors (Lipinski definition) is 5. The number of nitrogens with zero attached hydrogens (tertiary/aromatic N) is 4. The number of amides is 1. The van der Waals surface area contributed by atoms with Crippen LogP contribution in [0.5, 0.6) is 0 Å². The summed E-state index contributed by atoms with van der Waals surface area (Å²) in [5.41, 5.74) is 0.116. The SMILES string of the molecule is CN(C)C1(CNC(=O)[C@@H]2CCCN(c3cnccn3)C2)CCCCCC1. The lowest BCUT2D eigenvalue weighted by atomic mass is 9.88. The van der Waals surface area contributed by atoms with Gasteiger partial charge in [-0.1, -0.05) is 25.7 Å². The van der Waals surface area contributed by atoms with Crippen molar-refractivity contribution < 1.29 is 4.79 Å². The molecular formula is C20H33N5O. The Hall–Kier alpha value is -1.69. The molecule has 2 fully saturated rings. The van der Waals surface area contributed by atoms with E-state index in [1.165, 1.54) is 38.5 Å². The third-order valence-corrected chi connectivity index (χ3v) is 6.24. The van der Waals surface area contributed by atoms with Crippen LogP contribution < -0.4 is 10.2 Å². The van der Waals surface area contributed by atoms with Gasteiger partial charge in [-0.2, -0.15) is 0 Å². The van der Waals surface area contributed by atoms with Gasteiger partial charge in [0.05, 0.1) is 12.1 Å². The number of nitrogens with one attached hydrogen (secondary N) is 1. The molecule has 2 heterocycles. The first-order valence-corrected chi connectivity index (χ1v) is 10.1. The summed E-state index contributed by atoms with van der Waals surface area (Å²) < 4.78 is 0. The molecule has 0 unspecified atom stereocenters. The first-order valence-electron chi connectivity index (χ1n) is 10.1. The minimum Gasteiger partial charge on any atom is -0.355 e. The van der Waals surface area contributed by atoms with E-state index in [9.17, 15) is 4.79 Å². The second-order valence-electron chi connectivity index (χ2n) is 8.10. The van der Waals surface area contributed by atoms with Crippen LogP contribution in [0.2, 0.25) is 0 Å². The predicted octanol–water partition coefficient (Wildman–Crippen LogP) is 2.46. The maximum Gasteiger partial charge on any atom is 0.224 e. The molecule has 6 nitrogen and oxygen atoms in total. The third kappa shape index (κ3) is 4.53. The second kappa shape index (κ2) is 8.80. The van der Waals surface area contributed by atoms with Crippen molar-refractivity contribution in [2.75, 3.05) is 38.6 Å². The summed E-state index contributed by atoms with van der Waals surface area (Å²) in [6.45, 7) is 2.45. The van der Waals surface area contributed by atoms with Gasteiger partial charge < -0.3 is 15.1 Å². The van der Waals surface area contributed by atoms with Crippen molar-refractivity contribution >= 4 is 11.7 Å². The molecule has 1 saturated carbocycles. The summed E-state index contributed by atoms with van der Waals surface area (Å²) in [5.74, 6) is 1.11. The van der Waals surface area contributed by atoms with E-state index >= 15 is 0 Å². The lowest BCUT2D eigenvalue weighted by molar-refractivity contribution is -0.125. The molecule has 1 N–H and O–H groups in total. The molecule has 0 bridgehead atoms. The van der Waals surface area contributed by atoms with Crippen molar-refractivity contribution in [3.05, 3.63) is 18.6 Å². The van der Waals surface area contributed by atoms with Crippen LogP contribution in [0.15, 0.2) is 18.6 Å². The highest BCUT2D eigenvalue weighted by molar-refractivity contribution is 5.79. The van der Waals surface area contributed by atoms with E-state index < -0.39 is 0 Å². The van der Waals surface area contributed by atoms with Gasteiger partial charge in [0.25, 0.3) is 0 Å². The van der Waals surface area contributed by atoms with E-state index in [0.717, 1.165) is 38.3 Å². The first-order chi connectivity index (χ1) is 12.6. The Morgan fingerprint density at radius 1 is 1.23 bits per heavy atom. The molecule has 1 aromatic heterocycles. The van der Waals surface area contributed by atoms with Crippen molar-refractivity contribution in [3.8, 4) is 0 Å². The molecule has 1 amide bonds. The maximum absolute atomic E-state index is 12.9. The Balaban J connectivity index is 1.58. The monoisotopic (exact) mass is 359 g/mol. The molecule has 3 rings (SSSR count). The van der Waals surface area contributed by atoms with Crippen molar-refractivity contribution in [2.24, 2.45) is 5.92 Å². The van der Waals surface area contributed by atoms with Crippen LogP contribution in [0.1, 0.15) is 51.4 Å². The predicted molar refractivity (Wildman–Crippen MR) is 104 cm³/mol. The van der Waals surface area contributed by atoms with Crippen molar-refractivity contribution in [3.63, 3.8) is 0 Å². The normalized spacial score (nSPS) is 23.5. The molecule has 1 aliphatic carbocycles. The Morgan fingerprint density at radius 2 is 2.00 bits per heavy atom. The summed E-state index contributed by atoms with van der Waals surface area (Å²) in [5, 5.41) is 3.30. The Morgan fingerprint density at radius 3 is 2.65 bits per heavy atom. The molecule has 1 aromatic rings. The van der Waals surface area contributed by atoms with E-state index in [1.807, 2.05) is 0 Å². The van der Waals surface area contributed by atoms with E-state index in [2.05, 4.69) is 39.2 Å². The van der Waals surface area contributed by atoms with E-state index in [4.69, 9.17) is 0 Å². The average Bonchev–Trinajstić information content (AvgIpc) is 2.93. The highest BCUT2D eigenvalue weighted by atomic mass is 16.1. The highest BCUT2D eigenvalue weighted by Crippen LogP contribution is 2.31. The molecule has 0 radical (unpaired) electrons. The Labute approximate surface area is 157 Å². The quantitative estimate of drug-likeness (QED) is 0.819. The van der Waals surface area contributed by atoms with Crippen molar-refractivity contribution in [1.82, 2.24) is 20.2 Å². The Kier molecular flexibility index (Phi) is 6.46. The summed E-state index contributed by atoms with van der Waals surface area (Å²) in [6.07, 6.45) is 14.7. The summed E-state index contributed by atoms with van der Waals surface area (Å²) in [6, 6.07) is 0. The summed E-state index contributed by atoms with van der Waals surface area (Å²) >= 11 is 0. The molecule has 1 saturated heterocycles. The molecule has 6 heteroatoms. The standard InChI is InChI=1S/C20H33N5O/c1-24(2)20(9-5-3-4-6-10-20)16-23-19(26)17-8-7-13-25(15-17)18-14-21-11-12-22-18/h11-12,14,17H,3-10,13,15-16H2,1-2H3,(H,23,26)/t17-/m1/s1. The Bertz CT molecular complexity index is 569. The first kappa shape index (κ1) is 19.1. The fourth-order valence-electron chi connectivity index (χ4n) is 4.42. The zero-order valence-electron chi connectivity index (χ0n) is 16.3. The number of rotatable bonds is 5. The lowest BCUT2D eigenvalue weighted by Gasteiger charge is -2.40. The average molecular weight is 360 g/mol. The van der Waals surface area contributed by atoms with Crippen LogP contribution in [0.25, 0.3) is 0 Å². The number of anilines is 1. The molecule has 26 heavy (non-hydrogen) atoms. The minimum absolute atomic E-state index is 0.0377. The summed E-state index contributed by atoms with van der Waals surface area (Å²) in [7, 11) is 4.32. The highest BCUT2D eigenvalue weighted by Gasteiger charge is 2.35. The zero-order valence-corrected chi connectivity index (χ0v) is 16.3. The minimum atomic E-state index is 0.0377. The fourth-order valence-corrected chi connectivity index (χ4v) is 4.42. The topological polar surface area (TPSA) is 61.4 Å². The number of aromatic nitrogens is 2. The van der Waals surface area contributed by atoms with Crippen LogP contribution in [0.4, 0.5) is 5.82 Å². The third-order valence-electron chi connectivity index (χ3n) is 6.24. The maximum atomic E-state index is 12.9. The lowest BCUT2D eigenvalue weighted by Crippen LogP contribution is -2.54. The molecular weight excluding hydrogens is 326 g/mol. The number of piperidine rings is 1. The van der Waals surface area contributed by atoms with Crippen LogP contribution >= 0.6 is 0 Å². The van der Waals surface area contributed by atoms with Crippen LogP contribution in [-0.2, 0) is 4.79 Å². The number of hydrogen-bond donors (Lipinski definition) is 1. The molecule has 1 aliphatic heterocycles. The second-order valence-corrected chi connectivity index (χ2v) is 8.10. The van der Waals surface area contributed by atoms with Gasteiger partial charge in [0.15, 0.2) is 0 Å². The zero-order chi connectivity index (χ0) is 18.4. The number of carbonyl (C=O) groups excluding carboxylic acids is 1. The van der Waals surface area contributed by atoms with Crippen LogP contribution in [-0.4, -0.2) is 60.0 Å².